The molecule has 2 heteroatoms. The molecule has 0 N–H and O–H groups in total. The van der Waals surface area contributed by atoms with E-state index < -0.39 is 0 Å². The fraction of sp³-hybridized carbons (Fsp3) is 0. The Hall–Kier alpha value is -2.48. The fourth-order valence-electron chi connectivity index (χ4n) is 2.06. The molecule has 3 rings (SSSR count). The van der Waals surface area contributed by atoms with Crippen LogP contribution in [0.4, 0.5) is 0 Å². The molecule has 0 saturated heterocycles. The fourth-order valence-corrected chi connectivity index (χ4v) is 2.06. The van der Waals surface area contributed by atoms with E-state index in [2.05, 4.69) is 0 Å². The highest BCUT2D eigenvalue weighted by Gasteiger charge is 1.99. The summed E-state index contributed by atoms with van der Waals surface area (Å²) in [5.74, 6) is 0. The van der Waals surface area contributed by atoms with Crippen LogP contribution in [0.2, 0.25) is 0 Å². The smallest absolute Gasteiger partial charge is 0.193 e. The Morgan fingerprint density at radius 2 is 0.778 bits per heavy atom. The second kappa shape index (κ2) is 4.08. The molecule has 0 spiro atoms. The van der Waals surface area contributed by atoms with Gasteiger partial charge in [0.15, 0.2) is 10.9 Å². The van der Waals surface area contributed by atoms with Crippen molar-refractivity contribution in [1.29, 1.82) is 0 Å². The zero-order chi connectivity index (χ0) is 12.5. The molecule has 0 aliphatic heterocycles. The molecule has 0 aromatic heterocycles. The SMILES string of the molecule is O=c1c2ccccc1cc1ccccc(c2)c1=O. The van der Waals surface area contributed by atoms with Gasteiger partial charge in [-0.3, -0.25) is 9.59 Å². The lowest BCUT2D eigenvalue weighted by atomic mass is 10.1. The lowest BCUT2D eigenvalue weighted by Crippen LogP contribution is -2.02. The van der Waals surface area contributed by atoms with Crippen molar-refractivity contribution in [2.45, 2.75) is 0 Å². The predicted octanol–water partition coefficient (Wildman–Crippen LogP) is 2.71. The van der Waals surface area contributed by atoms with Crippen molar-refractivity contribution in [3.8, 4) is 0 Å². The maximum atomic E-state index is 12.2. The first-order valence-corrected chi connectivity index (χ1v) is 5.72. The topological polar surface area (TPSA) is 34.1 Å². The van der Waals surface area contributed by atoms with Crippen LogP contribution >= 0.6 is 0 Å². The van der Waals surface area contributed by atoms with Gasteiger partial charge < -0.3 is 0 Å². The molecule has 4 bridgehead atoms. The van der Waals surface area contributed by atoms with Crippen molar-refractivity contribution in [1.82, 2.24) is 0 Å². The molecule has 86 valence electrons. The van der Waals surface area contributed by atoms with Gasteiger partial charge in [0.05, 0.1) is 0 Å². The van der Waals surface area contributed by atoms with E-state index in [9.17, 15) is 9.59 Å². The van der Waals surface area contributed by atoms with Crippen LogP contribution in [0.1, 0.15) is 0 Å². The first-order chi connectivity index (χ1) is 8.75. The van der Waals surface area contributed by atoms with E-state index in [1.807, 2.05) is 24.3 Å². The van der Waals surface area contributed by atoms with Crippen LogP contribution in [0, 0.1) is 0 Å². The van der Waals surface area contributed by atoms with Crippen LogP contribution in [-0.4, -0.2) is 0 Å². The minimum Gasteiger partial charge on any atom is -0.289 e. The summed E-state index contributed by atoms with van der Waals surface area (Å²) in [7, 11) is 0. The van der Waals surface area contributed by atoms with Crippen molar-refractivity contribution in [3.05, 3.63) is 81.1 Å². The molecule has 0 saturated carbocycles. The van der Waals surface area contributed by atoms with Gasteiger partial charge in [0.1, 0.15) is 0 Å². The molecule has 0 radical (unpaired) electrons. The van der Waals surface area contributed by atoms with Crippen molar-refractivity contribution >= 4 is 21.5 Å². The monoisotopic (exact) mass is 234 g/mol. The van der Waals surface area contributed by atoms with Gasteiger partial charge in [0, 0.05) is 21.5 Å². The van der Waals surface area contributed by atoms with Crippen molar-refractivity contribution in [3.63, 3.8) is 0 Å². The van der Waals surface area contributed by atoms with Crippen LogP contribution in [-0.2, 0) is 0 Å². The van der Waals surface area contributed by atoms with E-state index in [0.29, 0.717) is 21.5 Å². The van der Waals surface area contributed by atoms with Crippen molar-refractivity contribution in [2.75, 3.05) is 0 Å². The summed E-state index contributed by atoms with van der Waals surface area (Å²) < 4.78 is 0. The summed E-state index contributed by atoms with van der Waals surface area (Å²) in [6.07, 6.45) is 0. The maximum absolute atomic E-state index is 12.2. The van der Waals surface area contributed by atoms with E-state index in [1.54, 1.807) is 36.4 Å². The van der Waals surface area contributed by atoms with Crippen LogP contribution < -0.4 is 10.9 Å². The summed E-state index contributed by atoms with van der Waals surface area (Å²) in [6, 6.07) is 17.5. The average Bonchev–Trinajstić information content (AvgIpc) is 2.66. The third kappa shape index (κ3) is 1.68. The molecule has 0 amide bonds. The highest BCUT2D eigenvalue weighted by molar-refractivity contribution is 5.78. The number of hydrogen-bond acceptors (Lipinski definition) is 2. The third-order valence-electron chi connectivity index (χ3n) is 3.00. The first-order valence-electron chi connectivity index (χ1n) is 5.72. The molecule has 0 atom stereocenters. The predicted molar refractivity (Wildman–Crippen MR) is 74.0 cm³/mol. The zero-order valence-electron chi connectivity index (χ0n) is 9.59. The number of fused-ring (bicyclic) bond motifs is 4. The van der Waals surface area contributed by atoms with Gasteiger partial charge >= 0.3 is 0 Å². The quantitative estimate of drug-likeness (QED) is 0.599. The zero-order valence-corrected chi connectivity index (χ0v) is 9.59. The lowest BCUT2D eigenvalue weighted by Gasteiger charge is -1.88. The van der Waals surface area contributed by atoms with E-state index in [4.69, 9.17) is 0 Å². The minimum atomic E-state index is -0.0498. The minimum absolute atomic E-state index is 0.0498. The lowest BCUT2D eigenvalue weighted by molar-refractivity contribution is 1.74. The third-order valence-corrected chi connectivity index (χ3v) is 3.00. The Balaban J connectivity index is 2.80. The largest absolute Gasteiger partial charge is 0.289 e. The van der Waals surface area contributed by atoms with Crippen LogP contribution in [0.5, 0.6) is 0 Å². The Kier molecular flexibility index (Phi) is 2.41. The Bertz CT molecular complexity index is 729. The van der Waals surface area contributed by atoms with Gasteiger partial charge in [-0.05, 0) is 12.1 Å². The summed E-state index contributed by atoms with van der Waals surface area (Å²) >= 11 is 0. The highest BCUT2D eigenvalue weighted by Crippen LogP contribution is 2.06. The van der Waals surface area contributed by atoms with Gasteiger partial charge in [-0.2, -0.15) is 0 Å². The number of rotatable bonds is 0. The molecule has 18 heavy (non-hydrogen) atoms. The average molecular weight is 234 g/mol. The Morgan fingerprint density at radius 3 is 1.06 bits per heavy atom. The number of hydrogen-bond donors (Lipinski definition) is 0. The molecule has 0 unspecified atom stereocenters. The summed E-state index contributed by atoms with van der Waals surface area (Å²) in [4.78, 5) is 24.5. The molecule has 0 heterocycles. The maximum Gasteiger partial charge on any atom is 0.193 e. The summed E-state index contributed by atoms with van der Waals surface area (Å²) in [6.45, 7) is 0. The molecule has 0 fully saturated rings. The van der Waals surface area contributed by atoms with Crippen LogP contribution in [0.15, 0.2) is 70.3 Å². The van der Waals surface area contributed by atoms with Gasteiger partial charge in [-0.25, -0.2) is 0 Å². The van der Waals surface area contributed by atoms with Gasteiger partial charge in [0.2, 0.25) is 0 Å². The first kappa shape index (κ1) is 10.7. The molecule has 3 aromatic rings. The van der Waals surface area contributed by atoms with E-state index >= 15 is 0 Å². The van der Waals surface area contributed by atoms with E-state index in [0.717, 1.165) is 0 Å². The molecule has 0 aliphatic carbocycles. The molecular weight excluding hydrogens is 224 g/mol. The normalized spacial score (nSPS) is 10.7. The van der Waals surface area contributed by atoms with Crippen LogP contribution in [0.3, 0.4) is 0 Å². The second-order valence-corrected chi connectivity index (χ2v) is 4.20. The highest BCUT2D eigenvalue weighted by atomic mass is 16.1. The van der Waals surface area contributed by atoms with Gasteiger partial charge in [0.25, 0.3) is 0 Å². The van der Waals surface area contributed by atoms with Gasteiger partial charge in [-0.15, -0.1) is 0 Å². The van der Waals surface area contributed by atoms with E-state index in [-0.39, 0.29) is 10.9 Å². The van der Waals surface area contributed by atoms with Crippen molar-refractivity contribution in [2.24, 2.45) is 0 Å². The van der Waals surface area contributed by atoms with E-state index in [1.165, 1.54) is 0 Å². The summed E-state index contributed by atoms with van der Waals surface area (Å²) in [5.41, 5.74) is -0.0996. The molecule has 3 aromatic carbocycles. The molecule has 0 aliphatic rings. The van der Waals surface area contributed by atoms with Crippen LogP contribution in [0.25, 0.3) is 21.5 Å². The second-order valence-electron chi connectivity index (χ2n) is 4.20. The standard InChI is InChI=1S/C16H10O2/c17-15-11-5-1-2-6-12(15)10-14-8-4-3-7-13(9-11)16(14)18/h1-10H. The summed E-state index contributed by atoms with van der Waals surface area (Å²) in [5, 5.41) is 2.17. The Labute approximate surface area is 103 Å². The van der Waals surface area contributed by atoms with Gasteiger partial charge in [-0.1, -0.05) is 48.5 Å². The molecular formula is C16H10O2. The Morgan fingerprint density at radius 1 is 0.500 bits per heavy atom. The molecule has 2 nitrogen and oxygen atoms in total. The van der Waals surface area contributed by atoms with Crippen molar-refractivity contribution < 1.29 is 0 Å².